The van der Waals surface area contributed by atoms with Gasteiger partial charge in [0.15, 0.2) is 10.6 Å². The van der Waals surface area contributed by atoms with E-state index < -0.39 is 0 Å². The molecule has 2 aromatic heterocycles. The second kappa shape index (κ2) is 6.68. The molecule has 1 unspecified atom stereocenters. The number of hydrogen-bond acceptors (Lipinski definition) is 5. The van der Waals surface area contributed by atoms with E-state index in [0.717, 1.165) is 24.8 Å². The molecule has 2 heterocycles. The number of carbonyl (C=O) groups is 1. The quantitative estimate of drug-likeness (QED) is 0.646. The van der Waals surface area contributed by atoms with E-state index in [2.05, 4.69) is 31.1 Å². The first-order chi connectivity index (χ1) is 12.8. The summed E-state index contributed by atoms with van der Waals surface area (Å²) in [5, 5.41) is 8.95. The van der Waals surface area contributed by atoms with Crippen LogP contribution in [0.3, 0.4) is 0 Å². The molecule has 1 aromatic carbocycles. The average Bonchev–Trinajstić information content (AvgIpc) is 3.02. The van der Waals surface area contributed by atoms with Crippen LogP contribution in [0.2, 0.25) is 0 Å². The normalized spacial score (nSPS) is 17.1. The van der Waals surface area contributed by atoms with Gasteiger partial charge in [-0.2, -0.15) is 0 Å². The largest absolute Gasteiger partial charge is 0.292 e. The zero-order valence-electron chi connectivity index (χ0n) is 15.9. The van der Waals surface area contributed by atoms with Gasteiger partial charge >= 0.3 is 0 Å². The van der Waals surface area contributed by atoms with Crippen molar-refractivity contribution in [2.24, 2.45) is 11.3 Å². The first-order valence-electron chi connectivity index (χ1n) is 9.31. The van der Waals surface area contributed by atoms with Crippen molar-refractivity contribution in [2.45, 2.75) is 46.6 Å². The zero-order valence-corrected chi connectivity index (χ0v) is 16.7. The summed E-state index contributed by atoms with van der Waals surface area (Å²) < 4.78 is 1.21. The Hall–Kier alpha value is -2.34. The number of nitrogens with zero attached hydrogens (tertiary/aromatic N) is 3. The van der Waals surface area contributed by atoms with Gasteiger partial charge in [-0.15, -0.1) is 16.4 Å². The SMILES string of the molecule is CC(C)(C)C1CCc2c(sc3nnn(CC(=O)c4ccccc4)c(=O)c23)C1. The molecule has 6 heteroatoms. The molecule has 3 aromatic rings. The van der Waals surface area contributed by atoms with Crippen LogP contribution in [-0.2, 0) is 19.4 Å². The van der Waals surface area contributed by atoms with Gasteiger partial charge in [-0.05, 0) is 36.2 Å². The molecule has 0 N–H and O–H groups in total. The number of Topliss-reactive ketones (excluding diaryl/α,β-unsaturated/α-hetero) is 1. The van der Waals surface area contributed by atoms with E-state index in [4.69, 9.17) is 0 Å². The van der Waals surface area contributed by atoms with Gasteiger partial charge in [0.05, 0.1) is 5.39 Å². The highest BCUT2D eigenvalue weighted by Crippen LogP contribution is 2.41. The molecule has 0 saturated heterocycles. The molecule has 4 rings (SSSR count). The lowest BCUT2D eigenvalue weighted by atomic mass is 9.72. The van der Waals surface area contributed by atoms with Crippen molar-refractivity contribution in [2.75, 3.05) is 0 Å². The van der Waals surface area contributed by atoms with Crippen LogP contribution in [0.25, 0.3) is 10.2 Å². The van der Waals surface area contributed by atoms with Crippen molar-refractivity contribution < 1.29 is 4.79 Å². The highest BCUT2D eigenvalue weighted by Gasteiger charge is 2.32. The van der Waals surface area contributed by atoms with Gasteiger partial charge in [0.2, 0.25) is 0 Å². The second-order valence-corrected chi connectivity index (χ2v) is 9.41. The molecule has 5 nitrogen and oxygen atoms in total. The maximum atomic E-state index is 13.0. The fourth-order valence-electron chi connectivity index (χ4n) is 3.82. The Morgan fingerprint density at radius 3 is 2.70 bits per heavy atom. The molecular formula is C21H23N3O2S. The third kappa shape index (κ3) is 3.34. The van der Waals surface area contributed by atoms with Crippen LogP contribution in [-0.4, -0.2) is 20.8 Å². The van der Waals surface area contributed by atoms with Gasteiger partial charge in [-0.25, -0.2) is 4.68 Å². The molecule has 0 amide bonds. The predicted octanol–water partition coefficient (Wildman–Crippen LogP) is 3.89. The number of rotatable bonds is 3. The number of hydrogen-bond donors (Lipinski definition) is 0. The maximum Gasteiger partial charge on any atom is 0.279 e. The minimum Gasteiger partial charge on any atom is -0.292 e. The first-order valence-corrected chi connectivity index (χ1v) is 10.1. The summed E-state index contributed by atoms with van der Waals surface area (Å²) in [5.41, 5.74) is 1.75. The fourth-order valence-corrected chi connectivity index (χ4v) is 5.06. The Kier molecular flexibility index (Phi) is 4.46. The minimum atomic E-state index is -0.198. The summed E-state index contributed by atoms with van der Waals surface area (Å²) in [6.45, 7) is 6.74. The number of carbonyl (C=O) groups excluding carboxylic acids is 1. The number of ketones is 1. The van der Waals surface area contributed by atoms with Crippen LogP contribution < -0.4 is 5.56 Å². The summed E-state index contributed by atoms with van der Waals surface area (Å²) >= 11 is 1.59. The third-order valence-electron chi connectivity index (χ3n) is 5.55. The smallest absolute Gasteiger partial charge is 0.279 e. The van der Waals surface area contributed by atoms with E-state index in [1.807, 2.05) is 18.2 Å². The summed E-state index contributed by atoms with van der Waals surface area (Å²) in [5.74, 6) is 0.469. The Morgan fingerprint density at radius 2 is 2.00 bits per heavy atom. The van der Waals surface area contributed by atoms with E-state index in [1.165, 1.54) is 9.56 Å². The lowest BCUT2D eigenvalue weighted by Crippen LogP contribution is -2.29. The average molecular weight is 382 g/mol. The molecule has 0 spiro atoms. The highest BCUT2D eigenvalue weighted by atomic mass is 32.1. The number of thiophene rings is 1. The van der Waals surface area contributed by atoms with Gasteiger partial charge in [0, 0.05) is 10.4 Å². The molecule has 0 saturated carbocycles. The zero-order chi connectivity index (χ0) is 19.2. The van der Waals surface area contributed by atoms with Crippen LogP contribution in [0.5, 0.6) is 0 Å². The molecule has 0 fully saturated rings. The predicted molar refractivity (Wildman–Crippen MR) is 107 cm³/mol. The van der Waals surface area contributed by atoms with Crippen LogP contribution in [0, 0.1) is 11.3 Å². The summed E-state index contributed by atoms with van der Waals surface area (Å²) in [4.78, 5) is 27.4. The van der Waals surface area contributed by atoms with Crippen LogP contribution >= 0.6 is 11.3 Å². The minimum absolute atomic E-state index is 0.0823. The lowest BCUT2D eigenvalue weighted by Gasteiger charge is -2.33. The monoisotopic (exact) mass is 381 g/mol. The molecule has 1 atom stereocenters. The Morgan fingerprint density at radius 1 is 1.26 bits per heavy atom. The van der Waals surface area contributed by atoms with Gasteiger partial charge < -0.3 is 0 Å². The summed E-state index contributed by atoms with van der Waals surface area (Å²) in [7, 11) is 0. The number of aryl methyl sites for hydroxylation is 1. The summed E-state index contributed by atoms with van der Waals surface area (Å²) in [6.07, 6.45) is 2.96. The Balaban J connectivity index is 1.69. The third-order valence-corrected chi connectivity index (χ3v) is 6.69. The topological polar surface area (TPSA) is 64.8 Å². The molecule has 0 aliphatic heterocycles. The Labute approximate surface area is 162 Å². The molecule has 1 aliphatic rings. The van der Waals surface area contributed by atoms with Crippen molar-refractivity contribution in [1.82, 2.24) is 15.0 Å². The highest BCUT2D eigenvalue weighted by molar-refractivity contribution is 7.18. The van der Waals surface area contributed by atoms with Gasteiger partial charge in [0.1, 0.15) is 6.54 Å². The molecule has 0 radical (unpaired) electrons. The van der Waals surface area contributed by atoms with Gasteiger partial charge in [-0.1, -0.05) is 56.3 Å². The summed E-state index contributed by atoms with van der Waals surface area (Å²) in [6, 6.07) is 8.98. The number of aromatic nitrogens is 3. The molecule has 1 aliphatic carbocycles. The van der Waals surface area contributed by atoms with Crippen molar-refractivity contribution in [3.63, 3.8) is 0 Å². The van der Waals surface area contributed by atoms with E-state index in [1.54, 1.807) is 23.5 Å². The van der Waals surface area contributed by atoms with Crippen molar-refractivity contribution in [3.8, 4) is 0 Å². The van der Waals surface area contributed by atoms with E-state index in [-0.39, 0.29) is 23.3 Å². The standard InChI is InChI=1S/C21H23N3O2S/c1-21(2,3)14-9-10-15-17(11-14)27-19-18(15)20(26)24(23-22-19)12-16(25)13-7-5-4-6-8-13/h4-8,14H,9-12H2,1-3H3. The first kappa shape index (κ1) is 18.0. The van der Waals surface area contributed by atoms with Gasteiger partial charge in [0.25, 0.3) is 5.56 Å². The van der Waals surface area contributed by atoms with Crippen LogP contribution in [0.15, 0.2) is 35.1 Å². The molecule has 140 valence electrons. The van der Waals surface area contributed by atoms with Crippen LogP contribution in [0.1, 0.15) is 48.0 Å². The number of benzene rings is 1. The fraction of sp³-hybridized carbons (Fsp3) is 0.429. The Bertz CT molecular complexity index is 1060. The van der Waals surface area contributed by atoms with E-state index >= 15 is 0 Å². The molecule has 0 bridgehead atoms. The van der Waals surface area contributed by atoms with Gasteiger partial charge in [-0.3, -0.25) is 9.59 Å². The molecule has 27 heavy (non-hydrogen) atoms. The van der Waals surface area contributed by atoms with Crippen molar-refractivity contribution >= 4 is 27.3 Å². The number of fused-ring (bicyclic) bond motifs is 3. The van der Waals surface area contributed by atoms with Crippen molar-refractivity contribution in [3.05, 3.63) is 56.7 Å². The van der Waals surface area contributed by atoms with E-state index in [9.17, 15) is 9.59 Å². The van der Waals surface area contributed by atoms with Crippen molar-refractivity contribution in [1.29, 1.82) is 0 Å². The molecular weight excluding hydrogens is 358 g/mol. The lowest BCUT2D eigenvalue weighted by molar-refractivity contribution is 0.0964. The maximum absolute atomic E-state index is 13.0. The van der Waals surface area contributed by atoms with E-state index in [0.29, 0.717) is 21.7 Å². The van der Waals surface area contributed by atoms with Crippen LogP contribution in [0.4, 0.5) is 0 Å². The second-order valence-electron chi connectivity index (χ2n) is 8.33.